The second kappa shape index (κ2) is 9.44. The van der Waals surface area contributed by atoms with Crippen LogP contribution in [0.4, 0.5) is 11.4 Å². The molecule has 1 aliphatic heterocycles. The zero-order chi connectivity index (χ0) is 22.7. The van der Waals surface area contributed by atoms with Gasteiger partial charge < -0.3 is 14.6 Å². The van der Waals surface area contributed by atoms with Gasteiger partial charge in [-0.05, 0) is 54.7 Å². The number of nitrogens with one attached hydrogen (secondary N) is 1. The largest absolute Gasteiger partial charge is 0.472 e. The van der Waals surface area contributed by atoms with Gasteiger partial charge in [0.15, 0.2) is 0 Å². The summed E-state index contributed by atoms with van der Waals surface area (Å²) in [6.07, 6.45) is 7.88. The number of amides is 1. The van der Waals surface area contributed by atoms with E-state index in [1.807, 2.05) is 6.07 Å². The highest BCUT2D eigenvalue weighted by atomic mass is 16.3. The molecule has 1 aromatic heterocycles. The Bertz CT molecular complexity index is 1060. The van der Waals surface area contributed by atoms with Crippen molar-refractivity contribution < 1.29 is 9.21 Å². The maximum Gasteiger partial charge on any atom is 0.258 e. The maximum absolute atomic E-state index is 12.6. The molecule has 33 heavy (non-hydrogen) atoms. The van der Waals surface area contributed by atoms with Crippen LogP contribution in [0.1, 0.15) is 48.5 Å². The van der Waals surface area contributed by atoms with E-state index in [0.29, 0.717) is 11.5 Å². The Kier molecular flexibility index (Phi) is 6.23. The third kappa shape index (κ3) is 4.55. The predicted molar refractivity (Wildman–Crippen MR) is 133 cm³/mol. The first-order valence-corrected chi connectivity index (χ1v) is 12.1. The Hall–Kier alpha value is -3.05. The van der Waals surface area contributed by atoms with Crippen molar-refractivity contribution >= 4 is 17.3 Å². The molecule has 5 heteroatoms. The number of rotatable bonds is 5. The molecule has 0 bridgehead atoms. The normalized spacial score (nSPS) is 23.9. The van der Waals surface area contributed by atoms with Gasteiger partial charge in [-0.15, -0.1) is 0 Å². The summed E-state index contributed by atoms with van der Waals surface area (Å²) in [4.78, 5) is 17.8. The summed E-state index contributed by atoms with van der Waals surface area (Å²) in [6.45, 7) is 6.56. The van der Waals surface area contributed by atoms with Gasteiger partial charge >= 0.3 is 0 Å². The molecule has 2 aromatic carbocycles. The smallest absolute Gasteiger partial charge is 0.258 e. The second-order valence-corrected chi connectivity index (χ2v) is 9.59. The van der Waals surface area contributed by atoms with Crippen molar-refractivity contribution in [3.63, 3.8) is 0 Å². The number of benzene rings is 2. The summed E-state index contributed by atoms with van der Waals surface area (Å²) in [7, 11) is 0. The van der Waals surface area contributed by atoms with E-state index < -0.39 is 0 Å². The number of carbonyl (C=O) groups is 1. The lowest BCUT2D eigenvalue weighted by Crippen LogP contribution is -2.57. The molecular weight excluding hydrogens is 410 g/mol. The van der Waals surface area contributed by atoms with Crippen molar-refractivity contribution in [3.8, 4) is 0 Å². The van der Waals surface area contributed by atoms with E-state index in [9.17, 15) is 4.79 Å². The molecular formula is C28H33N3O2. The highest BCUT2D eigenvalue weighted by molar-refractivity contribution is 6.04. The number of hydrogen-bond acceptors (Lipinski definition) is 4. The molecule has 0 spiro atoms. The van der Waals surface area contributed by atoms with Crippen molar-refractivity contribution in [1.29, 1.82) is 0 Å². The molecule has 1 saturated heterocycles. The van der Waals surface area contributed by atoms with Crippen LogP contribution in [0, 0.1) is 5.92 Å². The van der Waals surface area contributed by atoms with Crippen molar-refractivity contribution in [3.05, 3.63) is 84.3 Å². The fourth-order valence-corrected chi connectivity index (χ4v) is 5.77. The molecule has 2 aliphatic rings. The molecule has 2 fully saturated rings. The van der Waals surface area contributed by atoms with Crippen LogP contribution in [0.3, 0.4) is 0 Å². The third-order valence-electron chi connectivity index (χ3n) is 7.42. The Morgan fingerprint density at radius 1 is 1.03 bits per heavy atom. The molecule has 1 saturated carbocycles. The first kappa shape index (κ1) is 21.8. The fourth-order valence-electron chi connectivity index (χ4n) is 5.77. The lowest BCUT2D eigenvalue weighted by Gasteiger charge is -2.52. The lowest BCUT2D eigenvalue weighted by molar-refractivity contribution is 0.0243. The van der Waals surface area contributed by atoms with Crippen LogP contribution in [-0.4, -0.2) is 37.0 Å². The van der Waals surface area contributed by atoms with E-state index in [0.717, 1.165) is 38.3 Å². The van der Waals surface area contributed by atoms with Gasteiger partial charge in [0.1, 0.15) is 6.26 Å². The quantitative estimate of drug-likeness (QED) is 0.545. The maximum atomic E-state index is 12.6. The molecule has 1 amide bonds. The minimum atomic E-state index is -0.136. The summed E-state index contributed by atoms with van der Waals surface area (Å²) in [6, 6.07) is 20.9. The lowest BCUT2D eigenvalue weighted by atomic mass is 9.71. The minimum absolute atomic E-state index is 0.0246. The zero-order valence-corrected chi connectivity index (χ0v) is 19.4. The van der Waals surface area contributed by atoms with Crippen LogP contribution in [0.5, 0.6) is 0 Å². The van der Waals surface area contributed by atoms with E-state index in [1.54, 1.807) is 6.07 Å². The van der Waals surface area contributed by atoms with Gasteiger partial charge in [0.2, 0.25) is 0 Å². The minimum Gasteiger partial charge on any atom is -0.472 e. The van der Waals surface area contributed by atoms with Crippen LogP contribution < -0.4 is 10.2 Å². The van der Waals surface area contributed by atoms with E-state index in [2.05, 4.69) is 70.6 Å². The molecule has 2 atom stereocenters. The molecule has 5 rings (SSSR count). The number of hydrogen-bond donors (Lipinski definition) is 1. The molecule has 0 radical (unpaired) electrons. The molecule has 2 unspecified atom stereocenters. The molecule has 3 aromatic rings. The number of piperazine rings is 1. The Morgan fingerprint density at radius 2 is 1.85 bits per heavy atom. The van der Waals surface area contributed by atoms with E-state index in [-0.39, 0.29) is 11.4 Å². The SMILES string of the molecule is CC1CCCC(c2cccc(NC(=O)c3ccoc3)c2)(N2CCN(c3ccccc3)CC2)C1. The van der Waals surface area contributed by atoms with Crippen molar-refractivity contribution in [2.24, 2.45) is 5.92 Å². The molecule has 1 aliphatic carbocycles. The molecule has 2 heterocycles. The van der Waals surface area contributed by atoms with Crippen LogP contribution in [-0.2, 0) is 5.54 Å². The van der Waals surface area contributed by atoms with Gasteiger partial charge in [0.05, 0.1) is 11.8 Å². The summed E-state index contributed by atoms with van der Waals surface area (Å²) in [5.41, 5.74) is 4.05. The summed E-state index contributed by atoms with van der Waals surface area (Å²) < 4.78 is 5.07. The Morgan fingerprint density at radius 3 is 2.58 bits per heavy atom. The third-order valence-corrected chi connectivity index (χ3v) is 7.42. The number of furan rings is 1. The van der Waals surface area contributed by atoms with Gasteiger partial charge in [0, 0.05) is 43.1 Å². The van der Waals surface area contributed by atoms with E-state index in [4.69, 9.17) is 4.42 Å². The zero-order valence-electron chi connectivity index (χ0n) is 19.4. The van der Waals surface area contributed by atoms with Gasteiger partial charge in [-0.2, -0.15) is 0 Å². The monoisotopic (exact) mass is 443 g/mol. The predicted octanol–water partition coefficient (Wildman–Crippen LogP) is 5.76. The van der Waals surface area contributed by atoms with Crippen molar-refractivity contribution in [2.45, 2.75) is 38.1 Å². The van der Waals surface area contributed by atoms with E-state index >= 15 is 0 Å². The number of anilines is 2. The average Bonchev–Trinajstić information content (AvgIpc) is 3.40. The van der Waals surface area contributed by atoms with Crippen LogP contribution in [0.25, 0.3) is 0 Å². The van der Waals surface area contributed by atoms with Gasteiger partial charge in [-0.3, -0.25) is 9.69 Å². The molecule has 5 nitrogen and oxygen atoms in total. The Balaban J connectivity index is 1.38. The van der Waals surface area contributed by atoms with E-state index in [1.165, 1.54) is 43.0 Å². The first-order chi connectivity index (χ1) is 16.1. The standard InChI is InChI=1S/C28H33N3O2/c1-22-7-6-13-28(20-22,31-16-14-30(15-17-31)26-10-3-2-4-11-26)24-8-5-9-25(19-24)29-27(32)23-12-18-33-21-23/h2-5,8-12,18-19,21-22H,6-7,13-17,20H2,1H3,(H,29,32). The molecule has 1 N–H and O–H groups in total. The topological polar surface area (TPSA) is 48.7 Å². The highest BCUT2D eigenvalue weighted by Crippen LogP contribution is 2.45. The number of para-hydroxylation sites is 1. The van der Waals surface area contributed by atoms with Gasteiger partial charge in [0.25, 0.3) is 5.91 Å². The summed E-state index contributed by atoms with van der Waals surface area (Å²) >= 11 is 0. The Labute approximate surface area is 196 Å². The molecule has 172 valence electrons. The van der Waals surface area contributed by atoms with Crippen molar-refractivity contribution in [2.75, 3.05) is 36.4 Å². The fraction of sp³-hybridized carbons (Fsp3) is 0.393. The van der Waals surface area contributed by atoms with Gasteiger partial charge in [-0.25, -0.2) is 0 Å². The van der Waals surface area contributed by atoms with Crippen LogP contribution in [0.2, 0.25) is 0 Å². The number of nitrogens with zero attached hydrogens (tertiary/aromatic N) is 2. The van der Waals surface area contributed by atoms with Crippen LogP contribution >= 0.6 is 0 Å². The van der Waals surface area contributed by atoms with Gasteiger partial charge in [-0.1, -0.05) is 50.1 Å². The van der Waals surface area contributed by atoms with Crippen LogP contribution in [0.15, 0.2) is 77.6 Å². The summed E-state index contributed by atoms with van der Waals surface area (Å²) in [5, 5.41) is 3.06. The first-order valence-electron chi connectivity index (χ1n) is 12.1. The second-order valence-electron chi connectivity index (χ2n) is 9.59. The summed E-state index contributed by atoms with van der Waals surface area (Å²) in [5.74, 6) is 0.554. The van der Waals surface area contributed by atoms with Crippen molar-refractivity contribution in [1.82, 2.24) is 4.90 Å². The highest BCUT2D eigenvalue weighted by Gasteiger charge is 2.42. The average molecular weight is 444 g/mol. The number of carbonyl (C=O) groups excluding carboxylic acids is 1.